The predicted molar refractivity (Wildman–Crippen MR) is 64.7 cm³/mol. The van der Waals surface area contributed by atoms with E-state index in [1.54, 1.807) is 7.05 Å². The van der Waals surface area contributed by atoms with Crippen molar-refractivity contribution in [2.24, 2.45) is 0 Å². The molecule has 0 aliphatic carbocycles. The highest BCUT2D eigenvalue weighted by atomic mass is 16.4. The highest BCUT2D eigenvalue weighted by Crippen LogP contribution is 2.16. The van der Waals surface area contributed by atoms with Crippen LogP contribution >= 0.6 is 0 Å². The van der Waals surface area contributed by atoms with Gasteiger partial charge in [0.05, 0.1) is 5.92 Å². The molecule has 0 spiro atoms. The van der Waals surface area contributed by atoms with Gasteiger partial charge in [-0.2, -0.15) is 0 Å². The van der Waals surface area contributed by atoms with E-state index in [9.17, 15) is 4.79 Å². The Hall–Kier alpha value is -1.35. The maximum absolute atomic E-state index is 11.1. The number of hydrogen-bond donors (Lipinski definition) is 2. The molecule has 3 heteroatoms. The largest absolute Gasteiger partial charge is 0.481 e. The number of hydrogen-bond acceptors (Lipinski definition) is 2. The molecule has 0 aliphatic heterocycles. The van der Waals surface area contributed by atoms with Crippen molar-refractivity contribution >= 4 is 5.97 Å². The van der Waals surface area contributed by atoms with Crippen molar-refractivity contribution in [3.63, 3.8) is 0 Å². The van der Waals surface area contributed by atoms with Crippen LogP contribution in [-0.4, -0.2) is 24.7 Å². The maximum atomic E-state index is 11.1. The molecule has 0 saturated carbocycles. The van der Waals surface area contributed by atoms with Gasteiger partial charge in [0.15, 0.2) is 0 Å². The molecule has 0 amide bonds. The number of benzene rings is 1. The number of aliphatic carboxylic acids is 1. The number of rotatable bonds is 6. The fraction of sp³-hybridized carbons (Fsp3) is 0.462. The third-order valence-corrected chi connectivity index (χ3v) is 2.63. The van der Waals surface area contributed by atoms with E-state index in [1.807, 2.05) is 24.3 Å². The number of carbonyl (C=O) groups is 1. The lowest BCUT2D eigenvalue weighted by molar-refractivity contribution is -0.138. The minimum Gasteiger partial charge on any atom is -0.481 e. The summed E-state index contributed by atoms with van der Waals surface area (Å²) >= 11 is 0. The molecule has 1 atom stereocenters. The molecule has 0 heterocycles. The number of aryl methyl sites for hydroxylation is 1. The van der Waals surface area contributed by atoms with Crippen LogP contribution in [0.15, 0.2) is 24.3 Å². The molecule has 16 heavy (non-hydrogen) atoms. The topological polar surface area (TPSA) is 49.3 Å². The molecule has 1 unspecified atom stereocenters. The number of carboxylic acid groups (broad SMARTS) is 1. The lowest BCUT2D eigenvalue weighted by Gasteiger charge is -2.12. The highest BCUT2D eigenvalue weighted by molar-refractivity contribution is 5.76. The number of carboxylic acids is 1. The van der Waals surface area contributed by atoms with Crippen molar-refractivity contribution < 1.29 is 9.90 Å². The first-order chi connectivity index (χ1) is 7.69. The zero-order valence-corrected chi connectivity index (χ0v) is 9.86. The van der Waals surface area contributed by atoms with E-state index >= 15 is 0 Å². The SMILES string of the molecule is CCCc1ccc(C(CNC)C(=O)O)cc1. The smallest absolute Gasteiger partial charge is 0.312 e. The molecule has 0 aliphatic rings. The minimum atomic E-state index is -0.780. The van der Waals surface area contributed by atoms with E-state index in [1.165, 1.54) is 5.56 Å². The summed E-state index contributed by atoms with van der Waals surface area (Å²) in [5, 5.41) is 12.0. The molecule has 0 fully saturated rings. The standard InChI is InChI=1S/C13H19NO2/c1-3-4-10-5-7-11(8-6-10)12(9-14-2)13(15)16/h5-8,12,14H,3-4,9H2,1-2H3,(H,15,16). The van der Waals surface area contributed by atoms with E-state index in [2.05, 4.69) is 12.2 Å². The molecule has 0 radical (unpaired) electrons. The van der Waals surface area contributed by atoms with Gasteiger partial charge in [-0.3, -0.25) is 4.79 Å². The van der Waals surface area contributed by atoms with Gasteiger partial charge in [0, 0.05) is 6.54 Å². The average molecular weight is 221 g/mol. The van der Waals surface area contributed by atoms with Crippen molar-refractivity contribution in [1.82, 2.24) is 5.32 Å². The van der Waals surface area contributed by atoms with Crippen LogP contribution in [0.3, 0.4) is 0 Å². The van der Waals surface area contributed by atoms with Crippen LogP contribution in [-0.2, 0) is 11.2 Å². The van der Waals surface area contributed by atoms with E-state index in [4.69, 9.17) is 5.11 Å². The summed E-state index contributed by atoms with van der Waals surface area (Å²) in [7, 11) is 1.77. The number of likely N-dealkylation sites (N-methyl/N-ethyl adjacent to an activating group) is 1. The first-order valence-electron chi connectivity index (χ1n) is 5.65. The second kappa shape index (κ2) is 6.28. The average Bonchev–Trinajstić information content (AvgIpc) is 2.27. The van der Waals surface area contributed by atoms with Gasteiger partial charge in [0.1, 0.15) is 0 Å². The van der Waals surface area contributed by atoms with Gasteiger partial charge < -0.3 is 10.4 Å². The Morgan fingerprint density at radius 1 is 1.38 bits per heavy atom. The van der Waals surface area contributed by atoms with Crippen LogP contribution in [0.5, 0.6) is 0 Å². The van der Waals surface area contributed by atoms with Gasteiger partial charge in [-0.05, 0) is 24.6 Å². The normalized spacial score (nSPS) is 12.4. The second-order valence-corrected chi connectivity index (χ2v) is 3.94. The van der Waals surface area contributed by atoms with Gasteiger partial charge in [0.2, 0.25) is 0 Å². The summed E-state index contributed by atoms with van der Waals surface area (Å²) in [5.41, 5.74) is 2.13. The van der Waals surface area contributed by atoms with Crippen LogP contribution in [0.2, 0.25) is 0 Å². The summed E-state index contributed by atoms with van der Waals surface area (Å²) in [5.74, 6) is -1.24. The fourth-order valence-electron chi connectivity index (χ4n) is 1.76. The maximum Gasteiger partial charge on any atom is 0.312 e. The summed E-state index contributed by atoms with van der Waals surface area (Å²) in [4.78, 5) is 11.1. The molecule has 1 rings (SSSR count). The summed E-state index contributed by atoms with van der Waals surface area (Å²) < 4.78 is 0. The Morgan fingerprint density at radius 2 is 2.00 bits per heavy atom. The Labute approximate surface area is 96.5 Å². The predicted octanol–water partition coefficient (Wildman–Crippen LogP) is 2.03. The fourth-order valence-corrected chi connectivity index (χ4v) is 1.76. The molecule has 0 bridgehead atoms. The first-order valence-corrected chi connectivity index (χ1v) is 5.65. The lowest BCUT2D eigenvalue weighted by atomic mass is 9.97. The second-order valence-electron chi connectivity index (χ2n) is 3.94. The third kappa shape index (κ3) is 3.35. The van der Waals surface area contributed by atoms with Crippen molar-refractivity contribution in [2.75, 3.05) is 13.6 Å². The Balaban J connectivity index is 2.81. The van der Waals surface area contributed by atoms with Gasteiger partial charge in [-0.1, -0.05) is 37.6 Å². The van der Waals surface area contributed by atoms with Gasteiger partial charge in [-0.15, -0.1) is 0 Å². The zero-order valence-electron chi connectivity index (χ0n) is 9.86. The molecular weight excluding hydrogens is 202 g/mol. The lowest BCUT2D eigenvalue weighted by Crippen LogP contribution is -2.24. The van der Waals surface area contributed by atoms with E-state index in [0.29, 0.717) is 6.54 Å². The van der Waals surface area contributed by atoms with E-state index < -0.39 is 11.9 Å². The molecule has 1 aromatic rings. The van der Waals surface area contributed by atoms with Gasteiger partial charge in [-0.25, -0.2) is 0 Å². The molecule has 1 aromatic carbocycles. The summed E-state index contributed by atoms with van der Waals surface area (Å²) in [6.07, 6.45) is 2.16. The van der Waals surface area contributed by atoms with Crippen LogP contribution in [0.25, 0.3) is 0 Å². The quantitative estimate of drug-likeness (QED) is 0.772. The molecule has 2 N–H and O–H groups in total. The molecule has 0 aromatic heterocycles. The molecule has 3 nitrogen and oxygen atoms in total. The first kappa shape index (κ1) is 12.7. The Kier molecular flexibility index (Phi) is 4.99. The highest BCUT2D eigenvalue weighted by Gasteiger charge is 2.18. The number of nitrogens with one attached hydrogen (secondary N) is 1. The van der Waals surface area contributed by atoms with Crippen LogP contribution < -0.4 is 5.32 Å². The summed E-state index contributed by atoms with van der Waals surface area (Å²) in [6.45, 7) is 2.59. The van der Waals surface area contributed by atoms with Crippen molar-refractivity contribution in [3.05, 3.63) is 35.4 Å². The Morgan fingerprint density at radius 3 is 2.44 bits per heavy atom. The monoisotopic (exact) mass is 221 g/mol. The van der Waals surface area contributed by atoms with Crippen molar-refractivity contribution in [1.29, 1.82) is 0 Å². The minimum absolute atomic E-state index is 0.458. The molecular formula is C13H19NO2. The van der Waals surface area contributed by atoms with E-state index in [-0.39, 0.29) is 0 Å². The van der Waals surface area contributed by atoms with Crippen LogP contribution in [0.1, 0.15) is 30.4 Å². The van der Waals surface area contributed by atoms with Crippen molar-refractivity contribution in [2.45, 2.75) is 25.7 Å². The zero-order chi connectivity index (χ0) is 12.0. The van der Waals surface area contributed by atoms with Crippen LogP contribution in [0.4, 0.5) is 0 Å². The van der Waals surface area contributed by atoms with Gasteiger partial charge in [0.25, 0.3) is 0 Å². The Bertz CT molecular complexity index is 332. The molecule has 0 saturated heterocycles. The molecule has 88 valence electrons. The van der Waals surface area contributed by atoms with E-state index in [0.717, 1.165) is 18.4 Å². The summed E-state index contributed by atoms with van der Waals surface area (Å²) in [6, 6.07) is 7.87. The van der Waals surface area contributed by atoms with Crippen molar-refractivity contribution in [3.8, 4) is 0 Å². The van der Waals surface area contributed by atoms with Crippen LogP contribution in [0, 0.1) is 0 Å². The third-order valence-electron chi connectivity index (χ3n) is 2.63. The van der Waals surface area contributed by atoms with Gasteiger partial charge >= 0.3 is 5.97 Å².